The lowest BCUT2D eigenvalue weighted by atomic mass is 10.0. The summed E-state index contributed by atoms with van der Waals surface area (Å²) in [5.41, 5.74) is 0. The third-order valence-electron chi connectivity index (χ3n) is 9.78. The predicted octanol–water partition coefficient (Wildman–Crippen LogP) is 12.1. The predicted molar refractivity (Wildman–Crippen MR) is 217 cm³/mol. The molecule has 0 saturated heterocycles. The highest BCUT2D eigenvalue weighted by Gasteiger charge is 2.28. The van der Waals surface area contributed by atoms with E-state index in [2.05, 4.69) is 19.2 Å². The molecule has 0 aromatic carbocycles. The van der Waals surface area contributed by atoms with Gasteiger partial charge in [-0.1, -0.05) is 187 Å². The van der Waals surface area contributed by atoms with Gasteiger partial charge in [-0.25, -0.2) is 4.57 Å². The van der Waals surface area contributed by atoms with Crippen LogP contribution in [0.3, 0.4) is 0 Å². The van der Waals surface area contributed by atoms with Crippen LogP contribution < -0.4 is 5.32 Å². The minimum atomic E-state index is -4.28. The van der Waals surface area contributed by atoms with Gasteiger partial charge in [-0.15, -0.1) is 0 Å². The summed E-state index contributed by atoms with van der Waals surface area (Å²) in [5, 5.41) is 2.91. The van der Waals surface area contributed by atoms with Crippen LogP contribution in [0.4, 0.5) is 0 Å². The summed E-state index contributed by atoms with van der Waals surface area (Å²) < 4.78 is 29.9. The smallest absolute Gasteiger partial charge is 0.379 e. The summed E-state index contributed by atoms with van der Waals surface area (Å²) in [6.45, 7) is 6.06. The Morgan fingerprint density at radius 1 is 0.588 bits per heavy atom. The number of amides is 1. The third-order valence-corrected chi connectivity index (χ3v) is 10.9. The molecule has 0 spiro atoms. The van der Waals surface area contributed by atoms with Crippen molar-refractivity contribution in [2.45, 2.75) is 213 Å². The van der Waals surface area contributed by atoms with Crippen molar-refractivity contribution in [2.75, 3.05) is 54.1 Å². The lowest BCUT2D eigenvalue weighted by Crippen LogP contribution is -2.38. The molecule has 0 saturated carbocycles. The molecule has 306 valence electrons. The van der Waals surface area contributed by atoms with Gasteiger partial charge in [0.05, 0.1) is 27.7 Å². The number of ether oxygens (including phenoxy) is 1. The quantitative estimate of drug-likeness (QED) is 0.0367. The van der Waals surface area contributed by atoms with Crippen LogP contribution in [-0.4, -0.2) is 75.4 Å². The van der Waals surface area contributed by atoms with Crippen molar-refractivity contribution in [3.8, 4) is 0 Å². The molecular formula is C42H88N2O6P+. The average molecular weight is 748 g/mol. The van der Waals surface area contributed by atoms with Gasteiger partial charge in [-0.2, -0.15) is 0 Å². The minimum absolute atomic E-state index is 0.0519. The molecule has 0 radical (unpaired) electrons. The monoisotopic (exact) mass is 748 g/mol. The van der Waals surface area contributed by atoms with Gasteiger partial charge in [-0.05, 0) is 12.8 Å². The first-order valence-electron chi connectivity index (χ1n) is 21.9. The highest BCUT2D eigenvalue weighted by Crippen LogP contribution is 2.44. The fourth-order valence-corrected chi connectivity index (χ4v) is 7.25. The normalized spacial score (nSPS) is 13.8. The van der Waals surface area contributed by atoms with Crippen molar-refractivity contribution in [1.29, 1.82) is 0 Å². The summed E-state index contributed by atoms with van der Waals surface area (Å²) in [4.78, 5) is 23.0. The lowest BCUT2D eigenvalue weighted by Gasteiger charge is -2.25. The number of hydrogen-bond acceptors (Lipinski definition) is 5. The fourth-order valence-electron chi connectivity index (χ4n) is 6.36. The van der Waals surface area contributed by atoms with Crippen molar-refractivity contribution in [1.82, 2.24) is 5.32 Å². The van der Waals surface area contributed by atoms with Crippen molar-refractivity contribution in [3.63, 3.8) is 0 Å². The molecule has 51 heavy (non-hydrogen) atoms. The molecule has 0 aliphatic heterocycles. The van der Waals surface area contributed by atoms with E-state index in [0.29, 0.717) is 24.1 Å². The van der Waals surface area contributed by atoms with E-state index < -0.39 is 13.9 Å². The van der Waals surface area contributed by atoms with Crippen molar-refractivity contribution in [2.24, 2.45) is 0 Å². The van der Waals surface area contributed by atoms with Crippen LogP contribution in [0, 0.1) is 0 Å². The molecule has 0 bridgehead atoms. The van der Waals surface area contributed by atoms with E-state index in [9.17, 15) is 14.3 Å². The van der Waals surface area contributed by atoms with Gasteiger partial charge < -0.3 is 19.4 Å². The van der Waals surface area contributed by atoms with Crippen molar-refractivity contribution >= 4 is 13.7 Å². The summed E-state index contributed by atoms with van der Waals surface area (Å²) in [6.07, 6.45) is 37.3. The number of carbonyl (C=O) groups is 1. The molecule has 0 fully saturated rings. The lowest BCUT2D eigenvalue weighted by molar-refractivity contribution is -0.870. The first kappa shape index (κ1) is 50.5. The van der Waals surface area contributed by atoms with E-state index in [1.165, 1.54) is 161 Å². The maximum absolute atomic E-state index is 12.7. The van der Waals surface area contributed by atoms with Crippen LogP contribution in [0.15, 0.2) is 0 Å². The van der Waals surface area contributed by atoms with E-state index in [1.54, 1.807) is 0 Å². The van der Waals surface area contributed by atoms with Gasteiger partial charge in [-0.3, -0.25) is 13.8 Å². The van der Waals surface area contributed by atoms with Gasteiger partial charge in [0.15, 0.2) is 0 Å². The highest BCUT2D eigenvalue weighted by atomic mass is 31.2. The van der Waals surface area contributed by atoms with Crippen LogP contribution >= 0.6 is 7.82 Å². The summed E-state index contributed by atoms with van der Waals surface area (Å²) in [5.74, 6) is -0.0519. The van der Waals surface area contributed by atoms with Crippen LogP contribution in [0.1, 0.15) is 206 Å². The Labute approximate surface area is 317 Å². The minimum Gasteiger partial charge on any atom is -0.379 e. The Morgan fingerprint density at radius 2 is 0.961 bits per heavy atom. The zero-order chi connectivity index (χ0) is 37.7. The first-order valence-corrected chi connectivity index (χ1v) is 23.4. The standard InChI is InChI=1S/C42H87N2O6P/c1-6-8-10-12-14-16-18-20-22-23-25-27-29-31-33-35-42(45)43-39-41(50-51(46,47)49-38-36-44(3,4)5)40-48-37-34-32-30-28-26-24-21-19-17-15-13-11-9-7-2/h41H,6-40H2,1-5H3,(H-,43,45,46,47)/p+1. The molecule has 2 atom stereocenters. The Bertz CT molecular complexity index is 794. The molecule has 2 N–H and O–H groups in total. The first-order chi connectivity index (χ1) is 24.6. The van der Waals surface area contributed by atoms with Crippen LogP contribution in [0.2, 0.25) is 0 Å². The van der Waals surface area contributed by atoms with E-state index in [0.717, 1.165) is 25.7 Å². The largest absolute Gasteiger partial charge is 0.472 e. The van der Waals surface area contributed by atoms with E-state index in [1.807, 2.05) is 21.1 Å². The van der Waals surface area contributed by atoms with Gasteiger partial charge in [0, 0.05) is 19.6 Å². The number of nitrogens with zero attached hydrogens (tertiary/aromatic N) is 1. The number of quaternary nitrogens is 1. The fraction of sp³-hybridized carbons (Fsp3) is 0.976. The highest BCUT2D eigenvalue weighted by molar-refractivity contribution is 7.47. The Balaban J connectivity index is 4.15. The molecular weight excluding hydrogens is 659 g/mol. The Hall–Kier alpha value is -0.500. The van der Waals surface area contributed by atoms with Crippen LogP contribution in [-0.2, 0) is 23.1 Å². The van der Waals surface area contributed by atoms with Gasteiger partial charge in [0.25, 0.3) is 0 Å². The molecule has 0 aromatic rings. The summed E-state index contributed by atoms with van der Waals surface area (Å²) in [6, 6.07) is 0. The number of nitrogens with one attached hydrogen (secondary N) is 1. The van der Waals surface area contributed by atoms with Gasteiger partial charge in [0.1, 0.15) is 19.3 Å². The van der Waals surface area contributed by atoms with Crippen molar-refractivity contribution < 1.29 is 32.5 Å². The molecule has 1 amide bonds. The molecule has 0 aromatic heterocycles. The number of likely N-dealkylation sites (N-methyl/N-ethyl adjacent to an activating group) is 1. The Kier molecular flexibility index (Phi) is 36.1. The van der Waals surface area contributed by atoms with Crippen LogP contribution in [0.5, 0.6) is 0 Å². The zero-order valence-corrected chi connectivity index (χ0v) is 35.6. The number of rotatable bonds is 41. The molecule has 8 nitrogen and oxygen atoms in total. The Morgan fingerprint density at radius 3 is 1.35 bits per heavy atom. The van der Waals surface area contributed by atoms with E-state index in [-0.39, 0.29) is 25.7 Å². The number of hydrogen-bond donors (Lipinski definition) is 2. The summed E-state index contributed by atoms with van der Waals surface area (Å²) in [7, 11) is 1.70. The second kappa shape index (κ2) is 36.5. The molecule has 0 heterocycles. The van der Waals surface area contributed by atoms with Crippen LogP contribution in [0.25, 0.3) is 0 Å². The maximum atomic E-state index is 12.7. The summed E-state index contributed by atoms with van der Waals surface area (Å²) >= 11 is 0. The average Bonchev–Trinajstić information content (AvgIpc) is 3.07. The van der Waals surface area contributed by atoms with Crippen molar-refractivity contribution in [3.05, 3.63) is 0 Å². The molecule has 0 rings (SSSR count). The second-order valence-corrected chi connectivity index (χ2v) is 17.6. The SMILES string of the molecule is CCCCCCCCCCCCCCCCCC(=O)NCC(COCCCCCCCCCCCCCCCC)OP(=O)(O)OCC[N+](C)(C)C. The zero-order valence-electron chi connectivity index (χ0n) is 34.7. The topological polar surface area (TPSA) is 94.1 Å². The van der Waals surface area contributed by atoms with E-state index >= 15 is 0 Å². The number of phosphoric ester groups is 1. The molecule has 0 aliphatic carbocycles. The van der Waals surface area contributed by atoms with Gasteiger partial charge in [0.2, 0.25) is 5.91 Å². The molecule has 0 aliphatic rings. The third kappa shape index (κ3) is 40.5. The molecule has 2 unspecified atom stereocenters. The number of carbonyl (C=O) groups excluding carboxylic acids is 1. The van der Waals surface area contributed by atoms with Gasteiger partial charge >= 0.3 is 7.82 Å². The molecule has 9 heteroatoms. The maximum Gasteiger partial charge on any atom is 0.472 e. The second-order valence-electron chi connectivity index (χ2n) is 16.2. The number of unbranched alkanes of at least 4 members (excludes halogenated alkanes) is 27. The van der Waals surface area contributed by atoms with E-state index in [4.69, 9.17) is 13.8 Å². The number of phosphoric acid groups is 1.